The third-order valence-corrected chi connectivity index (χ3v) is 2.36. The second-order valence-corrected chi connectivity index (χ2v) is 3.84. The first-order chi connectivity index (χ1) is 7.74. The molecule has 0 unspecified atom stereocenters. The average Bonchev–Trinajstić information content (AvgIpc) is 2.74. The molecule has 16 heavy (non-hydrogen) atoms. The normalized spacial score (nSPS) is 12.4. The molecule has 0 spiro atoms. The SMILES string of the molecule is C[C@@H](Cc1ccc(F)cc1)Nc1cnc[nH]1. The fourth-order valence-electron chi connectivity index (χ4n) is 1.63. The molecule has 0 aliphatic rings. The molecule has 0 aliphatic heterocycles. The van der Waals surface area contributed by atoms with E-state index < -0.39 is 0 Å². The van der Waals surface area contributed by atoms with Gasteiger partial charge in [-0.1, -0.05) is 12.1 Å². The molecule has 0 radical (unpaired) electrons. The largest absolute Gasteiger partial charge is 0.368 e. The Hall–Kier alpha value is -1.84. The van der Waals surface area contributed by atoms with E-state index in [4.69, 9.17) is 0 Å². The molecule has 0 bridgehead atoms. The van der Waals surface area contributed by atoms with Gasteiger partial charge in [-0.15, -0.1) is 0 Å². The summed E-state index contributed by atoms with van der Waals surface area (Å²) in [4.78, 5) is 6.91. The second-order valence-electron chi connectivity index (χ2n) is 3.84. The molecule has 1 aromatic heterocycles. The van der Waals surface area contributed by atoms with Crippen molar-refractivity contribution in [2.75, 3.05) is 5.32 Å². The van der Waals surface area contributed by atoms with Gasteiger partial charge < -0.3 is 10.3 Å². The molecule has 0 fully saturated rings. The average molecular weight is 219 g/mol. The van der Waals surface area contributed by atoms with E-state index in [0.29, 0.717) is 0 Å². The van der Waals surface area contributed by atoms with E-state index in [9.17, 15) is 4.39 Å². The van der Waals surface area contributed by atoms with Gasteiger partial charge in [-0.05, 0) is 31.0 Å². The van der Waals surface area contributed by atoms with E-state index in [0.717, 1.165) is 17.8 Å². The van der Waals surface area contributed by atoms with Crippen LogP contribution in [0.25, 0.3) is 0 Å². The first-order valence-electron chi connectivity index (χ1n) is 5.23. The van der Waals surface area contributed by atoms with Crippen LogP contribution in [0.2, 0.25) is 0 Å². The summed E-state index contributed by atoms with van der Waals surface area (Å²) in [5.74, 6) is 0.701. The molecule has 0 saturated heterocycles. The van der Waals surface area contributed by atoms with Crippen molar-refractivity contribution in [3.05, 3.63) is 48.2 Å². The summed E-state index contributed by atoms with van der Waals surface area (Å²) in [6.45, 7) is 2.07. The number of hydrogen-bond donors (Lipinski definition) is 2. The van der Waals surface area contributed by atoms with Gasteiger partial charge in [-0.3, -0.25) is 0 Å². The monoisotopic (exact) mass is 219 g/mol. The van der Waals surface area contributed by atoms with E-state index in [1.165, 1.54) is 12.1 Å². The van der Waals surface area contributed by atoms with Gasteiger partial charge in [0, 0.05) is 6.04 Å². The van der Waals surface area contributed by atoms with E-state index in [2.05, 4.69) is 22.2 Å². The van der Waals surface area contributed by atoms with Crippen LogP contribution in [0.4, 0.5) is 10.2 Å². The molecule has 1 aromatic carbocycles. The Morgan fingerprint density at radius 2 is 2.12 bits per heavy atom. The molecule has 0 amide bonds. The highest BCUT2D eigenvalue weighted by molar-refractivity contribution is 5.32. The van der Waals surface area contributed by atoms with Crippen LogP contribution in [0.15, 0.2) is 36.8 Å². The molecule has 0 saturated carbocycles. The standard InChI is InChI=1S/C12H14FN3/c1-9(16-12-7-14-8-15-12)6-10-2-4-11(13)5-3-10/h2-5,7-9,16H,6H2,1H3,(H,14,15)/t9-/m0/s1. The number of nitrogens with one attached hydrogen (secondary N) is 2. The third kappa shape index (κ3) is 2.82. The van der Waals surface area contributed by atoms with Gasteiger partial charge in [-0.2, -0.15) is 0 Å². The van der Waals surface area contributed by atoms with Crippen molar-refractivity contribution < 1.29 is 4.39 Å². The van der Waals surface area contributed by atoms with E-state index in [1.807, 2.05) is 0 Å². The molecule has 2 rings (SSSR count). The number of aromatic amines is 1. The second kappa shape index (κ2) is 4.79. The van der Waals surface area contributed by atoms with Crippen LogP contribution in [0.5, 0.6) is 0 Å². The highest BCUT2D eigenvalue weighted by Gasteiger charge is 2.04. The fourth-order valence-corrected chi connectivity index (χ4v) is 1.63. The number of aromatic nitrogens is 2. The van der Waals surface area contributed by atoms with Crippen LogP contribution in [0.1, 0.15) is 12.5 Å². The minimum absolute atomic E-state index is 0.196. The zero-order valence-corrected chi connectivity index (χ0v) is 9.07. The summed E-state index contributed by atoms with van der Waals surface area (Å²) in [7, 11) is 0. The van der Waals surface area contributed by atoms with Gasteiger partial charge in [0.15, 0.2) is 0 Å². The molecule has 1 heterocycles. The molecule has 4 heteroatoms. The lowest BCUT2D eigenvalue weighted by atomic mass is 10.1. The lowest BCUT2D eigenvalue weighted by Gasteiger charge is -2.13. The van der Waals surface area contributed by atoms with Crippen molar-refractivity contribution >= 4 is 5.82 Å². The summed E-state index contributed by atoms with van der Waals surface area (Å²) < 4.78 is 12.7. The lowest BCUT2D eigenvalue weighted by molar-refractivity contribution is 0.626. The molecule has 2 N–H and O–H groups in total. The van der Waals surface area contributed by atoms with Crippen molar-refractivity contribution in [1.29, 1.82) is 0 Å². The van der Waals surface area contributed by atoms with Crippen LogP contribution in [-0.4, -0.2) is 16.0 Å². The summed E-state index contributed by atoms with van der Waals surface area (Å²) in [6.07, 6.45) is 4.22. The number of imidazole rings is 1. The number of H-pyrrole nitrogens is 1. The Bertz CT molecular complexity index is 422. The quantitative estimate of drug-likeness (QED) is 0.829. The van der Waals surface area contributed by atoms with Gasteiger partial charge in [0.2, 0.25) is 0 Å². The minimum Gasteiger partial charge on any atom is -0.368 e. The van der Waals surface area contributed by atoms with Crippen LogP contribution in [0.3, 0.4) is 0 Å². The zero-order valence-electron chi connectivity index (χ0n) is 9.07. The Labute approximate surface area is 93.7 Å². The van der Waals surface area contributed by atoms with Gasteiger partial charge in [-0.25, -0.2) is 9.37 Å². The first kappa shape index (κ1) is 10.7. The lowest BCUT2D eigenvalue weighted by Crippen LogP contribution is -2.18. The summed E-state index contributed by atoms with van der Waals surface area (Å²) in [5.41, 5.74) is 1.11. The third-order valence-electron chi connectivity index (χ3n) is 2.36. The van der Waals surface area contributed by atoms with Gasteiger partial charge >= 0.3 is 0 Å². The molecule has 84 valence electrons. The maximum atomic E-state index is 12.7. The van der Waals surface area contributed by atoms with Crippen molar-refractivity contribution in [2.24, 2.45) is 0 Å². The molecule has 1 atom stereocenters. The van der Waals surface area contributed by atoms with Gasteiger partial charge in [0.25, 0.3) is 0 Å². The summed E-state index contributed by atoms with van der Waals surface area (Å²) in [6, 6.07) is 6.85. The van der Waals surface area contributed by atoms with Crippen LogP contribution in [-0.2, 0) is 6.42 Å². The smallest absolute Gasteiger partial charge is 0.123 e. The zero-order chi connectivity index (χ0) is 11.4. The van der Waals surface area contributed by atoms with Crippen molar-refractivity contribution in [2.45, 2.75) is 19.4 Å². The van der Waals surface area contributed by atoms with E-state index in [1.54, 1.807) is 24.7 Å². The van der Waals surface area contributed by atoms with Crippen LogP contribution >= 0.6 is 0 Å². The Kier molecular flexibility index (Phi) is 3.19. The molecule has 2 aromatic rings. The number of halogens is 1. The highest BCUT2D eigenvalue weighted by atomic mass is 19.1. The number of benzene rings is 1. The predicted octanol–water partition coefficient (Wildman–Crippen LogP) is 2.59. The number of anilines is 1. The summed E-state index contributed by atoms with van der Waals surface area (Å²) in [5, 5.41) is 3.27. The summed E-state index contributed by atoms with van der Waals surface area (Å²) >= 11 is 0. The van der Waals surface area contributed by atoms with Crippen molar-refractivity contribution in [3.63, 3.8) is 0 Å². The number of rotatable bonds is 4. The first-order valence-corrected chi connectivity index (χ1v) is 5.23. The Morgan fingerprint density at radius 3 is 2.75 bits per heavy atom. The molecule has 3 nitrogen and oxygen atoms in total. The van der Waals surface area contributed by atoms with Gasteiger partial charge in [0.05, 0.1) is 12.5 Å². The maximum absolute atomic E-state index is 12.7. The molecule has 0 aliphatic carbocycles. The van der Waals surface area contributed by atoms with E-state index in [-0.39, 0.29) is 11.9 Å². The van der Waals surface area contributed by atoms with Crippen LogP contribution in [0, 0.1) is 5.82 Å². The predicted molar refractivity (Wildman–Crippen MR) is 61.8 cm³/mol. The Morgan fingerprint density at radius 1 is 1.38 bits per heavy atom. The van der Waals surface area contributed by atoms with Crippen molar-refractivity contribution in [3.8, 4) is 0 Å². The molecular weight excluding hydrogens is 205 g/mol. The van der Waals surface area contributed by atoms with Crippen LogP contribution < -0.4 is 5.32 Å². The minimum atomic E-state index is -0.196. The Balaban J connectivity index is 1.92. The molecular formula is C12H14FN3. The topological polar surface area (TPSA) is 40.7 Å². The number of nitrogens with zero attached hydrogens (tertiary/aromatic N) is 1. The number of hydrogen-bond acceptors (Lipinski definition) is 2. The van der Waals surface area contributed by atoms with Gasteiger partial charge in [0.1, 0.15) is 11.6 Å². The van der Waals surface area contributed by atoms with E-state index >= 15 is 0 Å². The highest BCUT2D eigenvalue weighted by Crippen LogP contribution is 2.09. The fraction of sp³-hybridized carbons (Fsp3) is 0.250. The maximum Gasteiger partial charge on any atom is 0.123 e. The van der Waals surface area contributed by atoms with Crippen molar-refractivity contribution in [1.82, 2.24) is 9.97 Å².